The molecule has 0 amide bonds. The first kappa shape index (κ1) is 11.5. The lowest BCUT2D eigenvalue weighted by atomic mass is 10.3. The van der Waals surface area contributed by atoms with E-state index in [1.807, 2.05) is 0 Å². The maximum Gasteiger partial charge on any atom is 0.380 e. The minimum Gasteiger partial charge on any atom is -0.367 e. The van der Waals surface area contributed by atoms with Gasteiger partial charge in [-0.1, -0.05) is 23.2 Å². The van der Waals surface area contributed by atoms with Crippen LogP contribution in [0.25, 0.3) is 0 Å². The normalized spacial score (nSPS) is 11.4. The van der Waals surface area contributed by atoms with Crippen LogP contribution in [0.5, 0.6) is 5.75 Å². The van der Waals surface area contributed by atoms with Crippen molar-refractivity contribution in [3.05, 3.63) is 21.9 Å². The fourth-order valence-corrected chi connectivity index (χ4v) is 1.86. The fourth-order valence-electron chi connectivity index (χ4n) is 0.800. The molecule has 0 radical (unpaired) electrons. The molecule has 0 saturated carbocycles. The van der Waals surface area contributed by atoms with Crippen LogP contribution in [0.4, 0.5) is 0 Å². The van der Waals surface area contributed by atoms with Gasteiger partial charge in [0.05, 0.1) is 0 Å². The molecule has 1 aromatic heterocycles. The van der Waals surface area contributed by atoms with E-state index in [9.17, 15) is 8.42 Å². The largest absolute Gasteiger partial charge is 0.380 e. The molecular formula is C6H6Cl2N2O3S. The Morgan fingerprint density at radius 2 is 2.07 bits per heavy atom. The predicted molar refractivity (Wildman–Crippen MR) is 52.7 cm³/mol. The van der Waals surface area contributed by atoms with E-state index in [0.717, 1.165) is 0 Å². The van der Waals surface area contributed by atoms with E-state index in [2.05, 4.69) is 14.3 Å². The lowest BCUT2D eigenvalue weighted by Crippen LogP contribution is -2.19. The van der Waals surface area contributed by atoms with Crippen LogP contribution in [0.3, 0.4) is 0 Å². The summed E-state index contributed by atoms with van der Waals surface area (Å²) in [6.07, 6.45) is 0. The van der Waals surface area contributed by atoms with Crippen molar-refractivity contribution in [3.63, 3.8) is 0 Å². The number of aryl methyl sites for hydroxylation is 1. The SMILES string of the molecule is Cc1cc(Cl)nc(Cl)c1OS(N)(=O)=O. The highest BCUT2D eigenvalue weighted by molar-refractivity contribution is 7.84. The van der Waals surface area contributed by atoms with Crippen LogP contribution in [0.1, 0.15) is 5.56 Å². The van der Waals surface area contributed by atoms with E-state index in [1.165, 1.54) is 6.07 Å². The van der Waals surface area contributed by atoms with Crippen molar-refractivity contribution in [2.45, 2.75) is 6.92 Å². The van der Waals surface area contributed by atoms with Crippen molar-refractivity contribution in [2.24, 2.45) is 5.14 Å². The second kappa shape index (κ2) is 3.90. The first-order valence-electron chi connectivity index (χ1n) is 3.34. The van der Waals surface area contributed by atoms with Crippen molar-refractivity contribution < 1.29 is 12.6 Å². The first-order chi connectivity index (χ1) is 6.29. The number of nitrogens with zero attached hydrogens (tertiary/aromatic N) is 1. The maximum atomic E-state index is 10.6. The molecule has 2 N–H and O–H groups in total. The summed E-state index contributed by atoms with van der Waals surface area (Å²) in [5, 5.41) is 4.67. The molecule has 0 fully saturated rings. The van der Waals surface area contributed by atoms with E-state index >= 15 is 0 Å². The monoisotopic (exact) mass is 256 g/mol. The third kappa shape index (κ3) is 2.98. The van der Waals surface area contributed by atoms with Gasteiger partial charge < -0.3 is 4.18 Å². The van der Waals surface area contributed by atoms with Crippen molar-refractivity contribution >= 4 is 33.5 Å². The predicted octanol–water partition coefficient (Wildman–Crippen LogP) is 1.28. The Hall–Kier alpha value is -0.560. The minimum atomic E-state index is -4.10. The average Bonchev–Trinajstić information content (AvgIpc) is 1.95. The third-order valence-corrected chi connectivity index (χ3v) is 2.13. The van der Waals surface area contributed by atoms with Crippen LogP contribution in [0.2, 0.25) is 10.3 Å². The van der Waals surface area contributed by atoms with Gasteiger partial charge in [0.25, 0.3) is 0 Å². The molecule has 0 unspecified atom stereocenters. The van der Waals surface area contributed by atoms with E-state index in [4.69, 9.17) is 23.2 Å². The van der Waals surface area contributed by atoms with Crippen molar-refractivity contribution in [3.8, 4) is 5.75 Å². The van der Waals surface area contributed by atoms with Gasteiger partial charge in [0.1, 0.15) is 5.15 Å². The van der Waals surface area contributed by atoms with Gasteiger partial charge in [-0.15, -0.1) is 0 Å². The smallest absolute Gasteiger partial charge is 0.367 e. The Morgan fingerprint density at radius 3 is 2.50 bits per heavy atom. The molecule has 0 saturated heterocycles. The summed E-state index contributed by atoms with van der Waals surface area (Å²) in [4.78, 5) is 3.60. The van der Waals surface area contributed by atoms with Gasteiger partial charge >= 0.3 is 10.3 Å². The summed E-state index contributed by atoms with van der Waals surface area (Å²) in [5.41, 5.74) is 0.434. The Bertz CT molecular complexity index is 437. The summed E-state index contributed by atoms with van der Waals surface area (Å²) < 4.78 is 25.7. The number of nitrogens with two attached hydrogens (primary N) is 1. The molecule has 8 heteroatoms. The van der Waals surface area contributed by atoms with E-state index in [0.29, 0.717) is 5.56 Å². The zero-order valence-electron chi connectivity index (χ0n) is 6.99. The molecule has 0 bridgehead atoms. The van der Waals surface area contributed by atoms with E-state index in [1.54, 1.807) is 6.92 Å². The highest BCUT2D eigenvalue weighted by atomic mass is 35.5. The molecule has 0 aliphatic carbocycles. The number of hydrogen-bond acceptors (Lipinski definition) is 4. The van der Waals surface area contributed by atoms with Crippen LogP contribution in [-0.4, -0.2) is 13.4 Å². The van der Waals surface area contributed by atoms with E-state index in [-0.39, 0.29) is 16.1 Å². The van der Waals surface area contributed by atoms with Crippen LogP contribution in [-0.2, 0) is 10.3 Å². The van der Waals surface area contributed by atoms with Gasteiger partial charge in [-0.2, -0.15) is 13.6 Å². The lowest BCUT2D eigenvalue weighted by Gasteiger charge is -2.07. The molecule has 0 aliphatic heterocycles. The summed E-state index contributed by atoms with van der Waals surface area (Å²) in [7, 11) is -4.10. The molecule has 0 atom stereocenters. The summed E-state index contributed by atoms with van der Waals surface area (Å²) in [5.74, 6) is -0.112. The molecule has 1 aromatic rings. The first-order valence-corrected chi connectivity index (χ1v) is 5.57. The Balaban J connectivity index is 3.22. The summed E-state index contributed by atoms with van der Waals surface area (Å²) >= 11 is 11.2. The van der Waals surface area contributed by atoms with E-state index < -0.39 is 10.3 Å². The number of halogens is 2. The molecule has 78 valence electrons. The number of hydrogen-bond donors (Lipinski definition) is 1. The number of rotatable bonds is 2. The topological polar surface area (TPSA) is 82.3 Å². The zero-order valence-corrected chi connectivity index (χ0v) is 9.32. The van der Waals surface area contributed by atoms with Crippen LogP contribution >= 0.6 is 23.2 Å². The molecule has 14 heavy (non-hydrogen) atoms. The minimum absolute atomic E-state index is 0.112. The van der Waals surface area contributed by atoms with Crippen molar-refractivity contribution in [1.82, 2.24) is 4.98 Å². The van der Waals surface area contributed by atoms with Crippen LogP contribution in [0.15, 0.2) is 6.07 Å². The second-order valence-electron chi connectivity index (χ2n) is 2.46. The van der Waals surface area contributed by atoms with Crippen LogP contribution < -0.4 is 9.32 Å². The van der Waals surface area contributed by atoms with Gasteiger partial charge in [0, 0.05) is 0 Å². The summed E-state index contributed by atoms with van der Waals surface area (Å²) in [6.45, 7) is 1.57. The average molecular weight is 257 g/mol. The highest BCUT2D eigenvalue weighted by Crippen LogP contribution is 2.29. The Morgan fingerprint density at radius 1 is 1.50 bits per heavy atom. The standard InChI is InChI=1S/C6H6Cl2N2O3S/c1-3-2-4(7)10-6(8)5(3)13-14(9,11)12/h2H,1H3,(H2,9,11,12). The quantitative estimate of drug-likeness (QED) is 0.809. The maximum absolute atomic E-state index is 10.6. The molecule has 0 spiro atoms. The van der Waals surface area contributed by atoms with Crippen molar-refractivity contribution in [1.29, 1.82) is 0 Å². The van der Waals surface area contributed by atoms with Crippen LogP contribution in [0, 0.1) is 6.92 Å². The molecule has 0 aliphatic rings. The van der Waals surface area contributed by atoms with Gasteiger partial charge in [0.15, 0.2) is 10.9 Å². The fraction of sp³-hybridized carbons (Fsp3) is 0.167. The summed E-state index contributed by atoms with van der Waals surface area (Å²) in [6, 6.07) is 1.41. The van der Waals surface area contributed by atoms with Gasteiger partial charge in [0.2, 0.25) is 0 Å². The second-order valence-corrected chi connectivity index (χ2v) is 4.36. The zero-order chi connectivity index (χ0) is 10.9. The molecule has 0 aromatic carbocycles. The number of pyridine rings is 1. The van der Waals surface area contributed by atoms with Gasteiger partial charge in [-0.3, -0.25) is 0 Å². The molecule has 5 nitrogen and oxygen atoms in total. The highest BCUT2D eigenvalue weighted by Gasteiger charge is 2.14. The Labute approximate surface area is 91.0 Å². The molecule has 1 rings (SSSR count). The van der Waals surface area contributed by atoms with Crippen molar-refractivity contribution in [2.75, 3.05) is 0 Å². The van der Waals surface area contributed by atoms with Gasteiger partial charge in [-0.25, -0.2) is 4.98 Å². The number of aromatic nitrogens is 1. The molecular weight excluding hydrogens is 251 g/mol. The Kier molecular flexibility index (Phi) is 3.20. The van der Waals surface area contributed by atoms with Gasteiger partial charge in [-0.05, 0) is 18.6 Å². The molecule has 1 heterocycles. The lowest BCUT2D eigenvalue weighted by molar-refractivity contribution is 0.484. The third-order valence-electron chi connectivity index (χ3n) is 1.29.